The summed E-state index contributed by atoms with van der Waals surface area (Å²) in [6.07, 6.45) is 2.65. The Morgan fingerprint density at radius 3 is 2.83 bits per heavy atom. The molecule has 0 radical (unpaired) electrons. The van der Waals surface area contributed by atoms with Crippen LogP contribution in [0.3, 0.4) is 0 Å². The molecule has 0 spiro atoms. The molecule has 3 N–H and O–H groups in total. The molecular weight excluding hydrogens is 230 g/mol. The highest BCUT2D eigenvalue weighted by Crippen LogP contribution is 2.13. The Hall–Kier alpha value is -1.85. The van der Waals surface area contributed by atoms with Crippen LogP contribution in [-0.4, -0.2) is 35.5 Å². The highest BCUT2D eigenvalue weighted by atomic mass is 16.2. The minimum atomic E-state index is -0.324. The molecule has 1 rings (SSSR count). The molecule has 6 nitrogen and oxygen atoms in total. The summed E-state index contributed by atoms with van der Waals surface area (Å²) in [6, 6.07) is -0.324. The molecule has 0 fully saturated rings. The minimum Gasteiger partial charge on any atom is -0.358 e. The number of carbonyl (C=O) groups is 1. The van der Waals surface area contributed by atoms with E-state index in [2.05, 4.69) is 25.9 Å². The van der Waals surface area contributed by atoms with Crippen molar-refractivity contribution in [3.63, 3.8) is 0 Å². The molecule has 1 unspecified atom stereocenters. The molecule has 1 amide bonds. The van der Waals surface area contributed by atoms with Gasteiger partial charge in [-0.15, -0.1) is 0 Å². The van der Waals surface area contributed by atoms with Gasteiger partial charge in [0.1, 0.15) is 11.9 Å². The SMILES string of the molecule is CCCNC(=O)C(C)Nc1nc(NC)ncc1C. The van der Waals surface area contributed by atoms with Crippen LogP contribution in [0.4, 0.5) is 11.8 Å². The van der Waals surface area contributed by atoms with E-state index in [9.17, 15) is 4.79 Å². The Kier molecular flexibility index (Phi) is 5.35. The molecule has 1 atom stereocenters. The zero-order chi connectivity index (χ0) is 13.5. The number of hydrogen-bond donors (Lipinski definition) is 3. The van der Waals surface area contributed by atoms with E-state index in [4.69, 9.17) is 0 Å². The molecule has 0 aliphatic carbocycles. The number of rotatable bonds is 6. The summed E-state index contributed by atoms with van der Waals surface area (Å²) in [7, 11) is 1.76. The van der Waals surface area contributed by atoms with Gasteiger partial charge in [0.25, 0.3) is 0 Å². The van der Waals surface area contributed by atoms with Crippen molar-refractivity contribution in [2.45, 2.75) is 33.2 Å². The number of anilines is 2. The van der Waals surface area contributed by atoms with Crippen LogP contribution in [0.2, 0.25) is 0 Å². The third-order valence-electron chi connectivity index (χ3n) is 2.49. The van der Waals surface area contributed by atoms with Gasteiger partial charge in [0.05, 0.1) is 0 Å². The van der Waals surface area contributed by atoms with Gasteiger partial charge < -0.3 is 16.0 Å². The molecule has 1 aromatic heterocycles. The summed E-state index contributed by atoms with van der Waals surface area (Å²) >= 11 is 0. The second kappa shape index (κ2) is 6.78. The zero-order valence-corrected chi connectivity index (χ0v) is 11.4. The molecule has 0 saturated carbocycles. The van der Waals surface area contributed by atoms with Crippen LogP contribution in [0.5, 0.6) is 0 Å². The maximum atomic E-state index is 11.7. The van der Waals surface area contributed by atoms with Crippen molar-refractivity contribution in [2.75, 3.05) is 24.2 Å². The smallest absolute Gasteiger partial charge is 0.242 e. The molecule has 0 aromatic carbocycles. The van der Waals surface area contributed by atoms with Gasteiger partial charge >= 0.3 is 0 Å². The van der Waals surface area contributed by atoms with Crippen LogP contribution in [0.1, 0.15) is 25.8 Å². The second-order valence-corrected chi connectivity index (χ2v) is 4.13. The number of nitrogens with zero attached hydrogens (tertiary/aromatic N) is 2. The van der Waals surface area contributed by atoms with E-state index in [1.807, 2.05) is 20.8 Å². The lowest BCUT2D eigenvalue weighted by molar-refractivity contribution is -0.121. The summed E-state index contributed by atoms with van der Waals surface area (Å²) < 4.78 is 0. The monoisotopic (exact) mass is 251 g/mol. The van der Waals surface area contributed by atoms with E-state index in [1.54, 1.807) is 13.2 Å². The van der Waals surface area contributed by atoms with Gasteiger partial charge in [-0.25, -0.2) is 4.98 Å². The van der Waals surface area contributed by atoms with Crippen molar-refractivity contribution in [2.24, 2.45) is 0 Å². The molecule has 100 valence electrons. The first-order valence-electron chi connectivity index (χ1n) is 6.14. The van der Waals surface area contributed by atoms with Crippen molar-refractivity contribution >= 4 is 17.7 Å². The normalized spacial score (nSPS) is 11.8. The second-order valence-electron chi connectivity index (χ2n) is 4.13. The van der Waals surface area contributed by atoms with Crippen LogP contribution in [0, 0.1) is 6.92 Å². The van der Waals surface area contributed by atoms with Gasteiger partial charge in [-0.2, -0.15) is 4.98 Å². The number of carbonyl (C=O) groups excluding carboxylic acids is 1. The van der Waals surface area contributed by atoms with Gasteiger partial charge in [0, 0.05) is 25.4 Å². The van der Waals surface area contributed by atoms with Crippen molar-refractivity contribution in [3.8, 4) is 0 Å². The van der Waals surface area contributed by atoms with Crippen LogP contribution in [-0.2, 0) is 4.79 Å². The van der Waals surface area contributed by atoms with Gasteiger partial charge in [-0.05, 0) is 20.3 Å². The van der Waals surface area contributed by atoms with Gasteiger partial charge in [0.15, 0.2) is 0 Å². The lowest BCUT2D eigenvalue weighted by Crippen LogP contribution is -2.38. The van der Waals surface area contributed by atoms with Crippen LogP contribution < -0.4 is 16.0 Å². The maximum absolute atomic E-state index is 11.7. The molecule has 1 heterocycles. The van der Waals surface area contributed by atoms with Crippen LogP contribution in [0.15, 0.2) is 6.20 Å². The summed E-state index contributed by atoms with van der Waals surface area (Å²) in [4.78, 5) is 20.1. The van der Waals surface area contributed by atoms with Crippen LogP contribution in [0.25, 0.3) is 0 Å². The summed E-state index contributed by atoms with van der Waals surface area (Å²) in [5.41, 5.74) is 0.907. The molecule has 0 saturated heterocycles. The average molecular weight is 251 g/mol. The predicted octanol–water partition coefficient (Wildman–Crippen LogP) is 1.15. The van der Waals surface area contributed by atoms with Crippen molar-refractivity contribution in [1.82, 2.24) is 15.3 Å². The summed E-state index contributed by atoms with van der Waals surface area (Å²) in [5, 5.41) is 8.80. The standard InChI is InChI=1S/C12H21N5O/c1-5-6-14-11(18)9(3)16-10-8(2)7-15-12(13-4)17-10/h7,9H,5-6H2,1-4H3,(H,14,18)(H2,13,15,16,17). The Balaban J connectivity index is 2.68. The summed E-state index contributed by atoms with van der Waals surface area (Å²) in [6.45, 7) is 6.42. The number of aromatic nitrogens is 2. The molecule has 0 bridgehead atoms. The predicted molar refractivity (Wildman–Crippen MR) is 72.7 cm³/mol. The minimum absolute atomic E-state index is 0.0270. The fourth-order valence-electron chi connectivity index (χ4n) is 1.38. The maximum Gasteiger partial charge on any atom is 0.242 e. The zero-order valence-electron chi connectivity index (χ0n) is 11.4. The topological polar surface area (TPSA) is 78.9 Å². The molecular formula is C12H21N5O. The fraction of sp³-hybridized carbons (Fsp3) is 0.583. The van der Waals surface area contributed by atoms with E-state index in [1.165, 1.54) is 0 Å². The van der Waals surface area contributed by atoms with E-state index in [0.717, 1.165) is 12.0 Å². The van der Waals surface area contributed by atoms with Crippen molar-refractivity contribution in [1.29, 1.82) is 0 Å². The third-order valence-corrected chi connectivity index (χ3v) is 2.49. The van der Waals surface area contributed by atoms with E-state index in [-0.39, 0.29) is 11.9 Å². The third kappa shape index (κ3) is 3.87. The van der Waals surface area contributed by atoms with Gasteiger partial charge in [0.2, 0.25) is 11.9 Å². The lowest BCUT2D eigenvalue weighted by atomic mass is 10.2. The molecule has 0 aliphatic heterocycles. The first-order valence-corrected chi connectivity index (χ1v) is 6.14. The fourth-order valence-corrected chi connectivity index (χ4v) is 1.38. The highest BCUT2D eigenvalue weighted by molar-refractivity contribution is 5.84. The largest absolute Gasteiger partial charge is 0.358 e. The van der Waals surface area contributed by atoms with Crippen LogP contribution >= 0.6 is 0 Å². The number of amides is 1. The Morgan fingerprint density at radius 2 is 2.22 bits per heavy atom. The van der Waals surface area contributed by atoms with Gasteiger partial charge in [-0.3, -0.25) is 4.79 Å². The molecule has 1 aromatic rings. The number of aryl methyl sites for hydroxylation is 1. The number of nitrogens with one attached hydrogen (secondary N) is 3. The Morgan fingerprint density at radius 1 is 1.50 bits per heavy atom. The lowest BCUT2D eigenvalue weighted by Gasteiger charge is -2.16. The highest BCUT2D eigenvalue weighted by Gasteiger charge is 2.13. The van der Waals surface area contributed by atoms with E-state index >= 15 is 0 Å². The average Bonchev–Trinajstić information content (AvgIpc) is 2.38. The molecule has 18 heavy (non-hydrogen) atoms. The van der Waals surface area contributed by atoms with Gasteiger partial charge in [-0.1, -0.05) is 6.92 Å². The quantitative estimate of drug-likeness (QED) is 0.707. The molecule has 0 aliphatic rings. The Labute approximate surface area is 108 Å². The van der Waals surface area contributed by atoms with E-state index in [0.29, 0.717) is 18.3 Å². The van der Waals surface area contributed by atoms with E-state index < -0.39 is 0 Å². The van der Waals surface area contributed by atoms with Crippen molar-refractivity contribution in [3.05, 3.63) is 11.8 Å². The van der Waals surface area contributed by atoms with Crippen molar-refractivity contribution < 1.29 is 4.79 Å². The first-order chi connectivity index (χ1) is 8.58. The number of hydrogen-bond acceptors (Lipinski definition) is 5. The summed E-state index contributed by atoms with van der Waals surface area (Å²) in [5.74, 6) is 1.18. The molecule has 6 heteroatoms. The first kappa shape index (κ1) is 14.2. The Bertz CT molecular complexity index is 407.